The Balaban J connectivity index is 1.62. The van der Waals surface area contributed by atoms with Crippen LogP contribution in [0, 0.1) is 5.41 Å². The van der Waals surface area contributed by atoms with Crippen molar-refractivity contribution in [2.45, 2.75) is 25.7 Å². The molecule has 0 unspecified atom stereocenters. The Bertz CT molecular complexity index is 1710. The van der Waals surface area contributed by atoms with Crippen LogP contribution in [0.5, 0.6) is 0 Å². The lowest BCUT2D eigenvalue weighted by atomic mass is 9.87. The lowest BCUT2D eigenvalue weighted by molar-refractivity contribution is 0.0860. The lowest BCUT2D eigenvalue weighted by Crippen LogP contribution is -2.20. The average molecular weight is 489 g/mol. The van der Waals surface area contributed by atoms with Gasteiger partial charge in [0.25, 0.3) is 10.0 Å². The molecule has 3 aromatic heterocycles. The van der Waals surface area contributed by atoms with Crippen molar-refractivity contribution in [2.75, 3.05) is 10.5 Å². The third-order valence-corrected chi connectivity index (χ3v) is 7.05. The van der Waals surface area contributed by atoms with Crippen molar-refractivity contribution < 1.29 is 13.2 Å². The molecule has 0 radical (unpaired) electrons. The molecular formula is C25H24N6O3S. The molecule has 5 N–H and O–H groups in total. The van der Waals surface area contributed by atoms with Gasteiger partial charge in [-0.2, -0.15) is 0 Å². The lowest BCUT2D eigenvalue weighted by Gasteiger charge is -2.15. The van der Waals surface area contributed by atoms with Crippen molar-refractivity contribution in [2.24, 2.45) is 5.41 Å². The Morgan fingerprint density at radius 3 is 2.63 bits per heavy atom. The quantitative estimate of drug-likeness (QED) is 0.208. The summed E-state index contributed by atoms with van der Waals surface area (Å²) < 4.78 is 28.8. The Morgan fingerprint density at radius 2 is 1.89 bits per heavy atom. The highest BCUT2D eigenvalue weighted by molar-refractivity contribution is 7.92. The number of sulfonamides is 1. The van der Waals surface area contributed by atoms with Gasteiger partial charge in [-0.1, -0.05) is 26.8 Å². The number of hydrogen-bond donors (Lipinski definition) is 4. The number of nitrogens with one attached hydrogen (secondary N) is 3. The summed E-state index contributed by atoms with van der Waals surface area (Å²) in [5.41, 5.74) is 9.22. The molecule has 0 saturated carbocycles. The number of carbonyl (C=O) groups excluding carboxylic acids is 1. The molecule has 0 aliphatic heterocycles. The van der Waals surface area contributed by atoms with Crippen molar-refractivity contribution in [1.29, 1.82) is 0 Å². The monoisotopic (exact) mass is 488 g/mol. The first kappa shape index (κ1) is 22.6. The van der Waals surface area contributed by atoms with E-state index in [0.717, 1.165) is 5.52 Å². The van der Waals surface area contributed by atoms with Gasteiger partial charge in [0.15, 0.2) is 11.4 Å². The van der Waals surface area contributed by atoms with Gasteiger partial charge in [0.1, 0.15) is 5.52 Å². The number of rotatable bonds is 5. The summed E-state index contributed by atoms with van der Waals surface area (Å²) in [5, 5.41) is 0.695. The summed E-state index contributed by atoms with van der Waals surface area (Å²) >= 11 is 0. The number of aromatic nitrogens is 4. The molecule has 0 bridgehead atoms. The van der Waals surface area contributed by atoms with E-state index in [1.54, 1.807) is 42.9 Å². The second-order valence-electron chi connectivity index (χ2n) is 9.37. The predicted octanol–water partition coefficient (Wildman–Crippen LogP) is 4.72. The van der Waals surface area contributed by atoms with E-state index in [1.807, 2.05) is 26.8 Å². The maximum absolute atomic E-state index is 13.1. The molecule has 178 valence electrons. The highest BCUT2D eigenvalue weighted by Gasteiger charge is 2.26. The van der Waals surface area contributed by atoms with Crippen LogP contribution in [0.1, 0.15) is 31.1 Å². The van der Waals surface area contributed by atoms with E-state index in [1.165, 1.54) is 12.1 Å². The molecule has 5 rings (SSSR count). The van der Waals surface area contributed by atoms with Crippen LogP contribution in [-0.2, 0) is 10.0 Å². The fraction of sp³-hybridized carbons (Fsp3) is 0.160. The minimum atomic E-state index is -3.89. The van der Waals surface area contributed by atoms with Crippen LogP contribution in [0.25, 0.3) is 33.3 Å². The molecule has 35 heavy (non-hydrogen) atoms. The van der Waals surface area contributed by atoms with Gasteiger partial charge in [-0.05, 0) is 36.4 Å². The first-order valence-electron chi connectivity index (χ1n) is 10.9. The number of nitrogen functional groups attached to an aromatic ring is 1. The number of H-pyrrole nitrogens is 2. The van der Waals surface area contributed by atoms with Crippen LogP contribution in [-0.4, -0.2) is 34.1 Å². The number of benzene rings is 2. The second kappa shape index (κ2) is 7.95. The van der Waals surface area contributed by atoms with Gasteiger partial charge in [-0.15, -0.1) is 0 Å². The van der Waals surface area contributed by atoms with Crippen LogP contribution in [0.2, 0.25) is 0 Å². The summed E-state index contributed by atoms with van der Waals surface area (Å²) in [6, 6.07) is 11.4. The fourth-order valence-corrected chi connectivity index (χ4v) is 5.02. The van der Waals surface area contributed by atoms with E-state index in [9.17, 15) is 13.2 Å². The Morgan fingerprint density at radius 1 is 1.09 bits per heavy atom. The van der Waals surface area contributed by atoms with Crippen LogP contribution >= 0.6 is 0 Å². The molecule has 9 nitrogen and oxygen atoms in total. The number of hydrogen-bond acceptors (Lipinski definition) is 6. The average Bonchev–Trinajstić information content (AvgIpc) is 3.44. The molecule has 0 amide bonds. The predicted molar refractivity (Wildman–Crippen MR) is 137 cm³/mol. The maximum Gasteiger partial charge on any atom is 0.261 e. The molecule has 10 heteroatoms. The number of carbonyl (C=O) groups is 1. The van der Waals surface area contributed by atoms with Crippen molar-refractivity contribution in [3.63, 3.8) is 0 Å². The number of Topliss-reactive ketones (excluding diaryl/α,β-unsaturated/α-hetero) is 1. The standard InChI is InChI=1S/C25H24N6O3S/c1-25(2,3)23(32)18-12-28-24-22(18)30-21(13-29-24)14-9-19-17(7-8-27-19)20(10-14)31-35(33,34)16-6-4-5-15(26)11-16/h4-13,27,31H,26H2,1-3H3,(H,28,29). The van der Waals surface area contributed by atoms with E-state index in [-0.39, 0.29) is 10.7 Å². The van der Waals surface area contributed by atoms with E-state index in [2.05, 4.69) is 19.7 Å². The van der Waals surface area contributed by atoms with Gasteiger partial charge < -0.3 is 15.7 Å². The smallest absolute Gasteiger partial charge is 0.261 e. The SMILES string of the molecule is CC(C)(C)C(=O)c1c[nH]c2ncc(-c3cc(NS(=O)(=O)c4cccc(N)c4)c4cc[nH]c4c3)nc12. The zero-order valence-corrected chi connectivity index (χ0v) is 20.2. The molecule has 0 spiro atoms. The minimum Gasteiger partial charge on any atom is -0.399 e. The summed E-state index contributed by atoms with van der Waals surface area (Å²) in [4.78, 5) is 28.3. The Hall–Kier alpha value is -4.18. The molecular weight excluding hydrogens is 464 g/mol. The van der Waals surface area contributed by atoms with Crippen LogP contribution in [0.4, 0.5) is 11.4 Å². The van der Waals surface area contributed by atoms with Crippen LogP contribution < -0.4 is 10.5 Å². The number of nitrogens with two attached hydrogens (primary N) is 1. The number of ketones is 1. The summed E-state index contributed by atoms with van der Waals surface area (Å²) in [6.45, 7) is 5.55. The zero-order chi connectivity index (χ0) is 25.0. The molecule has 2 aromatic carbocycles. The van der Waals surface area contributed by atoms with Crippen LogP contribution in [0.15, 0.2) is 66.0 Å². The van der Waals surface area contributed by atoms with E-state index >= 15 is 0 Å². The molecule has 3 heterocycles. The van der Waals surface area contributed by atoms with Gasteiger partial charge in [0, 0.05) is 40.0 Å². The van der Waals surface area contributed by atoms with E-state index in [0.29, 0.717) is 44.7 Å². The maximum atomic E-state index is 13.1. The number of anilines is 2. The molecule has 0 fully saturated rings. The molecule has 0 aliphatic carbocycles. The molecule has 5 aromatic rings. The van der Waals surface area contributed by atoms with Gasteiger partial charge in [0.2, 0.25) is 0 Å². The van der Waals surface area contributed by atoms with Gasteiger partial charge in [-0.25, -0.2) is 18.4 Å². The summed E-state index contributed by atoms with van der Waals surface area (Å²) in [7, 11) is -3.89. The molecule has 0 saturated heterocycles. The second-order valence-corrected chi connectivity index (χ2v) is 11.1. The highest BCUT2D eigenvalue weighted by atomic mass is 32.2. The Labute approximate surface area is 201 Å². The van der Waals surface area contributed by atoms with Crippen LogP contribution in [0.3, 0.4) is 0 Å². The van der Waals surface area contributed by atoms with Crippen molar-refractivity contribution in [3.8, 4) is 11.3 Å². The summed E-state index contributed by atoms with van der Waals surface area (Å²) in [6.07, 6.45) is 4.94. The third-order valence-electron chi connectivity index (χ3n) is 5.68. The first-order valence-corrected chi connectivity index (χ1v) is 12.4. The highest BCUT2D eigenvalue weighted by Crippen LogP contribution is 2.33. The third kappa shape index (κ3) is 4.12. The topological polar surface area (TPSA) is 147 Å². The van der Waals surface area contributed by atoms with Crippen molar-refractivity contribution >= 4 is 49.2 Å². The minimum absolute atomic E-state index is 0.0504. The largest absolute Gasteiger partial charge is 0.399 e. The molecule has 0 atom stereocenters. The van der Waals surface area contributed by atoms with Gasteiger partial charge >= 0.3 is 0 Å². The first-order chi connectivity index (χ1) is 16.5. The Kier molecular flexibility index (Phi) is 5.13. The van der Waals surface area contributed by atoms with Gasteiger partial charge in [0.05, 0.1) is 28.0 Å². The molecule has 0 aliphatic rings. The van der Waals surface area contributed by atoms with E-state index in [4.69, 9.17) is 10.7 Å². The van der Waals surface area contributed by atoms with Crippen molar-refractivity contribution in [1.82, 2.24) is 19.9 Å². The number of nitrogens with zero attached hydrogens (tertiary/aromatic N) is 2. The van der Waals surface area contributed by atoms with Crippen molar-refractivity contribution in [3.05, 3.63) is 66.6 Å². The number of aromatic amines is 2. The zero-order valence-electron chi connectivity index (χ0n) is 19.4. The van der Waals surface area contributed by atoms with Gasteiger partial charge in [-0.3, -0.25) is 9.52 Å². The van der Waals surface area contributed by atoms with E-state index < -0.39 is 15.4 Å². The fourth-order valence-electron chi connectivity index (χ4n) is 3.89. The number of fused-ring (bicyclic) bond motifs is 2. The summed E-state index contributed by atoms with van der Waals surface area (Å²) in [5.74, 6) is -0.0504. The normalized spacial score (nSPS) is 12.3.